The Morgan fingerprint density at radius 3 is 2.60 bits per heavy atom. The van der Waals surface area contributed by atoms with Crippen LogP contribution in [0.1, 0.15) is 37.8 Å². The van der Waals surface area contributed by atoms with Crippen molar-refractivity contribution < 1.29 is 0 Å². The van der Waals surface area contributed by atoms with Crippen LogP contribution < -0.4 is 0 Å². The molecule has 1 heteroatoms. The Morgan fingerprint density at radius 2 is 1.87 bits per heavy atom. The van der Waals surface area contributed by atoms with Gasteiger partial charge >= 0.3 is 0 Å². The molecule has 0 saturated carbocycles. The molecule has 2 aromatic heterocycles. The van der Waals surface area contributed by atoms with Gasteiger partial charge in [-0.25, -0.2) is 0 Å². The SMILES string of the molecule is CCCCc1cc2ccc(CC)cn2c1. The molecule has 1 nitrogen and oxygen atoms in total. The van der Waals surface area contributed by atoms with Gasteiger partial charge in [-0.3, -0.25) is 0 Å². The predicted octanol–water partition coefficient (Wildman–Crippen LogP) is 3.84. The molecule has 0 fully saturated rings. The van der Waals surface area contributed by atoms with E-state index in [0.29, 0.717) is 0 Å². The Hall–Kier alpha value is -1.24. The molecule has 0 amide bonds. The van der Waals surface area contributed by atoms with Crippen molar-refractivity contribution in [3.63, 3.8) is 0 Å². The first-order valence-electron chi connectivity index (χ1n) is 5.93. The van der Waals surface area contributed by atoms with Gasteiger partial charge in [-0.15, -0.1) is 0 Å². The fraction of sp³-hybridized carbons (Fsp3) is 0.429. The van der Waals surface area contributed by atoms with Crippen LogP contribution >= 0.6 is 0 Å². The maximum absolute atomic E-state index is 2.30. The Morgan fingerprint density at radius 1 is 1.07 bits per heavy atom. The topological polar surface area (TPSA) is 4.41 Å². The first-order valence-corrected chi connectivity index (χ1v) is 5.93. The first kappa shape index (κ1) is 10.3. The average molecular weight is 201 g/mol. The first-order chi connectivity index (χ1) is 7.33. The van der Waals surface area contributed by atoms with Gasteiger partial charge in [0, 0.05) is 17.9 Å². The summed E-state index contributed by atoms with van der Waals surface area (Å²) in [6.45, 7) is 4.44. The Bertz CT molecular complexity index is 440. The largest absolute Gasteiger partial charge is 0.323 e. The van der Waals surface area contributed by atoms with Crippen molar-refractivity contribution >= 4 is 5.52 Å². The highest BCUT2D eigenvalue weighted by Gasteiger charge is 1.99. The molecule has 2 aromatic rings. The maximum atomic E-state index is 2.30. The molecule has 80 valence electrons. The summed E-state index contributed by atoms with van der Waals surface area (Å²) in [5, 5.41) is 0. The number of hydrogen-bond donors (Lipinski definition) is 0. The summed E-state index contributed by atoms with van der Waals surface area (Å²) in [5.74, 6) is 0. The van der Waals surface area contributed by atoms with Crippen LogP contribution in [0.5, 0.6) is 0 Å². The monoisotopic (exact) mass is 201 g/mol. The molecule has 0 atom stereocenters. The summed E-state index contributed by atoms with van der Waals surface area (Å²) in [6.07, 6.45) is 9.39. The number of hydrogen-bond acceptors (Lipinski definition) is 0. The molecule has 0 aliphatic heterocycles. The van der Waals surface area contributed by atoms with Crippen LogP contribution in [0.3, 0.4) is 0 Å². The van der Waals surface area contributed by atoms with Crippen LogP contribution in [0, 0.1) is 0 Å². The summed E-state index contributed by atoms with van der Waals surface area (Å²) in [4.78, 5) is 0. The van der Waals surface area contributed by atoms with Gasteiger partial charge < -0.3 is 4.40 Å². The van der Waals surface area contributed by atoms with E-state index >= 15 is 0 Å². The van der Waals surface area contributed by atoms with Crippen LogP contribution in [-0.2, 0) is 12.8 Å². The van der Waals surface area contributed by atoms with E-state index < -0.39 is 0 Å². The highest BCUT2D eigenvalue weighted by molar-refractivity contribution is 5.51. The molecule has 0 spiro atoms. The molecule has 0 aliphatic carbocycles. The van der Waals surface area contributed by atoms with Crippen LogP contribution in [0.25, 0.3) is 5.52 Å². The highest BCUT2D eigenvalue weighted by atomic mass is 14.9. The minimum atomic E-state index is 1.11. The second-order valence-corrected chi connectivity index (χ2v) is 4.17. The maximum Gasteiger partial charge on any atom is 0.0452 e. The summed E-state index contributed by atoms with van der Waals surface area (Å²) in [6, 6.07) is 6.74. The molecular weight excluding hydrogens is 182 g/mol. The van der Waals surface area contributed by atoms with Gasteiger partial charge in [-0.05, 0) is 42.5 Å². The number of fused-ring (bicyclic) bond motifs is 1. The van der Waals surface area contributed by atoms with Crippen molar-refractivity contribution in [1.82, 2.24) is 4.40 Å². The smallest absolute Gasteiger partial charge is 0.0452 e. The van der Waals surface area contributed by atoms with Crippen molar-refractivity contribution in [1.29, 1.82) is 0 Å². The van der Waals surface area contributed by atoms with Gasteiger partial charge in [0.2, 0.25) is 0 Å². The van der Waals surface area contributed by atoms with Crippen LogP contribution in [0.15, 0.2) is 30.6 Å². The standard InChI is InChI=1S/C14H19N/c1-3-5-6-13-9-14-8-7-12(4-2)10-15(14)11-13/h7-11H,3-6H2,1-2H3. The van der Waals surface area contributed by atoms with Gasteiger partial charge in [-0.2, -0.15) is 0 Å². The van der Waals surface area contributed by atoms with Crippen LogP contribution in [0.2, 0.25) is 0 Å². The number of unbranched alkanes of at least 4 members (excludes halogenated alkanes) is 1. The zero-order valence-electron chi connectivity index (χ0n) is 9.66. The van der Waals surface area contributed by atoms with E-state index in [1.54, 1.807) is 0 Å². The minimum Gasteiger partial charge on any atom is -0.323 e. The minimum absolute atomic E-state index is 1.11. The van der Waals surface area contributed by atoms with E-state index in [4.69, 9.17) is 0 Å². The van der Waals surface area contributed by atoms with E-state index in [9.17, 15) is 0 Å². The third-order valence-electron chi connectivity index (χ3n) is 2.94. The van der Waals surface area contributed by atoms with Crippen molar-refractivity contribution in [3.05, 3.63) is 41.7 Å². The number of rotatable bonds is 4. The van der Waals surface area contributed by atoms with Crippen molar-refractivity contribution in [2.45, 2.75) is 39.5 Å². The molecule has 0 aromatic carbocycles. The lowest BCUT2D eigenvalue weighted by Gasteiger charge is -1.98. The van der Waals surface area contributed by atoms with E-state index in [-0.39, 0.29) is 0 Å². The van der Waals surface area contributed by atoms with Crippen molar-refractivity contribution in [3.8, 4) is 0 Å². The number of nitrogens with zero attached hydrogens (tertiary/aromatic N) is 1. The third-order valence-corrected chi connectivity index (χ3v) is 2.94. The second kappa shape index (κ2) is 4.52. The van der Waals surface area contributed by atoms with Crippen molar-refractivity contribution in [2.75, 3.05) is 0 Å². The number of aryl methyl sites for hydroxylation is 2. The third kappa shape index (κ3) is 2.23. The average Bonchev–Trinajstić information content (AvgIpc) is 2.67. The van der Waals surface area contributed by atoms with Gasteiger partial charge in [-0.1, -0.05) is 26.3 Å². The molecule has 2 rings (SSSR count). The lowest BCUT2D eigenvalue weighted by molar-refractivity contribution is 0.795. The fourth-order valence-electron chi connectivity index (χ4n) is 1.94. The van der Waals surface area contributed by atoms with Crippen LogP contribution in [0.4, 0.5) is 0 Å². The Balaban J connectivity index is 2.29. The molecule has 0 unspecified atom stereocenters. The van der Waals surface area contributed by atoms with Crippen LogP contribution in [-0.4, -0.2) is 4.40 Å². The molecular formula is C14H19N. The molecule has 0 N–H and O–H groups in total. The molecule has 0 radical (unpaired) electrons. The van der Waals surface area contributed by atoms with E-state index in [1.165, 1.54) is 35.9 Å². The Kier molecular flexibility index (Phi) is 3.10. The predicted molar refractivity (Wildman–Crippen MR) is 65.4 cm³/mol. The molecule has 15 heavy (non-hydrogen) atoms. The van der Waals surface area contributed by atoms with E-state index in [1.807, 2.05) is 0 Å². The quantitative estimate of drug-likeness (QED) is 0.708. The molecule has 0 saturated heterocycles. The zero-order valence-corrected chi connectivity index (χ0v) is 9.66. The van der Waals surface area contributed by atoms with Gasteiger partial charge in [0.25, 0.3) is 0 Å². The fourth-order valence-corrected chi connectivity index (χ4v) is 1.94. The lowest BCUT2D eigenvalue weighted by Crippen LogP contribution is -1.86. The van der Waals surface area contributed by atoms with Gasteiger partial charge in [0.05, 0.1) is 0 Å². The Labute approximate surface area is 91.7 Å². The van der Waals surface area contributed by atoms with E-state index in [2.05, 4.69) is 48.8 Å². The van der Waals surface area contributed by atoms with Crippen molar-refractivity contribution in [2.24, 2.45) is 0 Å². The van der Waals surface area contributed by atoms with Gasteiger partial charge in [0.1, 0.15) is 0 Å². The highest BCUT2D eigenvalue weighted by Crippen LogP contribution is 2.14. The summed E-state index contributed by atoms with van der Waals surface area (Å²) in [5.41, 5.74) is 4.18. The zero-order chi connectivity index (χ0) is 10.7. The summed E-state index contributed by atoms with van der Waals surface area (Å²) < 4.78 is 2.25. The number of aromatic nitrogens is 1. The van der Waals surface area contributed by atoms with Gasteiger partial charge in [0.15, 0.2) is 0 Å². The summed E-state index contributed by atoms with van der Waals surface area (Å²) >= 11 is 0. The van der Waals surface area contributed by atoms with E-state index in [0.717, 1.165) is 6.42 Å². The number of pyridine rings is 1. The molecule has 0 aliphatic rings. The molecule has 2 heterocycles. The normalized spacial score (nSPS) is 11.1. The summed E-state index contributed by atoms with van der Waals surface area (Å²) in [7, 11) is 0. The second-order valence-electron chi connectivity index (χ2n) is 4.17. The lowest BCUT2D eigenvalue weighted by atomic mass is 10.1. The molecule has 0 bridgehead atoms.